The highest BCUT2D eigenvalue weighted by atomic mass is 19.3. The second kappa shape index (κ2) is 11.1. The molecule has 0 aliphatic heterocycles. The Bertz CT molecular complexity index is 1410. The molecule has 0 radical (unpaired) electrons. The molecule has 4 aromatic rings. The van der Waals surface area contributed by atoms with Crippen LogP contribution in [-0.2, 0) is 6.42 Å². The summed E-state index contributed by atoms with van der Waals surface area (Å²) in [5, 5.41) is 0. The molecular weight excluding hydrogens is 509 g/mol. The van der Waals surface area contributed by atoms with Crippen LogP contribution in [0.4, 0.5) is 30.7 Å². The van der Waals surface area contributed by atoms with Gasteiger partial charge in [-0.3, -0.25) is 0 Å². The van der Waals surface area contributed by atoms with Crippen LogP contribution in [0.1, 0.15) is 24.5 Å². The van der Waals surface area contributed by atoms with Crippen LogP contribution in [0.2, 0.25) is 0 Å². The van der Waals surface area contributed by atoms with Crippen LogP contribution in [0.3, 0.4) is 0 Å². The van der Waals surface area contributed by atoms with Gasteiger partial charge >= 0.3 is 6.11 Å². The van der Waals surface area contributed by atoms with Gasteiger partial charge in [0.1, 0.15) is 17.4 Å². The van der Waals surface area contributed by atoms with Crippen molar-refractivity contribution in [2.75, 3.05) is 0 Å². The molecule has 0 heterocycles. The largest absolute Gasteiger partial charge is 0.429 e. The van der Waals surface area contributed by atoms with Gasteiger partial charge in [0, 0.05) is 23.8 Å². The molecule has 38 heavy (non-hydrogen) atoms. The summed E-state index contributed by atoms with van der Waals surface area (Å²) in [5.41, 5.74) is 3.08. The van der Waals surface area contributed by atoms with Crippen molar-refractivity contribution in [1.82, 2.24) is 0 Å². The maximum absolute atomic E-state index is 14.7. The van der Waals surface area contributed by atoms with Crippen molar-refractivity contribution < 1.29 is 35.5 Å². The second-order valence-electron chi connectivity index (χ2n) is 8.58. The zero-order valence-electron chi connectivity index (χ0n) is 20.1. The number of alkyl halides is 2. The van der Waals surface area contributed by atoms with Gasteiger partial charge in [0.15, 0.2) is 17.5 Å². The van der Waals surface area contributed by atoms with Crippen LogP contribution < -0.4 is 4.74 Å². The van der Waals surface area contributed by atoms with Crippen LogP contribution >= 0.6 is 0 Å². The van der Waals surface area contributed by atoms with E-state index in [0.29, 0.717) is 11.6 Å². The summed E-state index contributed by atoms with van der Waals surface area (Å²) < 4.78 is 101. The highest BCUT2D eigenvalue weighted by Crippen LogP contribution is 2.30. The van der Waals surface area contributed by atoms with E-state index in [1.54, 1.807) is 12.1 Å². The minimum atomic E-state index is -4.21. The summed E-state index contributed by atoms with van der Waals surface area (Å²) in [6.07, 6.45) is -1.70. The smallest absolute Gasteiger partial charge is 0.419 e. The summed E-state index contributed by atoms with van der Waals surface area (Å²) in [7, 11) is 0. The SMILES string of the molecule is CCCc1ccc(-c2ccc(-c3cc(F)c(/C=C/C(F)(F)Oc4cc(F)c(F)c(F)c4)c(F)c3)cc2)cc1. The number of benzene rings is 4. The predicted molar refractivity (Wildman–Crippen MR) is 132 cm³/mol. The Morgan fingerprint density at radius 2 is 1.13 bits per heavy atom. The van der Waals surface area contributed by atoms with E-state index >= 15 is 0 Å². The van der Waals surface area contributed by atoms with Crippen molar-refractivity contribution in [3.63, 3.8) is 0 Å². The van der Waals surface area contributed by atoms with Gasteiger partial charge in [-0.2, -0.15) is 8.78 Å². The first kappa shape index (κ1) is 27.0. The molecule has 0 spiro atoms. The fourth-order valence-corrected chi connectivity index (χ4v) is 3.88. The summed E-state index contributed by atoms with van der Waals surface area (Å²) in [5.74, 6) is -8.54. The number of aryl methyl sites for hydroxylation is 1. The maximum Gasteiger partial charge on any atom is 0.419 e. The third-order valence-corrected chi connectivity index (χ3v) is 5.78. The predicted octanol–water partition coefficient (Wildman–Crippen LogP) is 9.35. The van der Waals surface area contributed by atoms with E-state index in [4.69, 9.17) is 0 Å². The zero-order chi connectivity index (χ0) is 27.4. The quantitative estimate of drug-likeness (QED) is 0.163. The lowest BCUT2D eigenvalue weighted by Crippen LogP contribution is -2.21. The summed E-state index contributed by atoms with van der Waals surface area (Å²) in [4.78, 5) is 0. The lowest BCUT2D eigenvalue weighted by Gasteiger charge is -2.15. The second-order valence-corrected chi connectivity index (χ2v) is 8.58. The molecule has 0 unspecified atom stereocenters. The molecular formula is C30H21F7O. The van der Waals surface area contributed by atoms with E-state index < -0.39 is 46.5 Å². The van der Waals surface area contributed by atoms with Gasteiger partial charge < -0.3 is 4.74 Å². The summed E-state index contributed by atoms with van der Waals surface area (Å²) in [6, 6.07) is 17.6. The number of halogens is 7. The number of ether oxygens (including phenoxy) is 1. The van der Waals surface area contributed by atoms with Crippen molar-refractivity contribution >= 4 is 6.08 Å². The van der Waals surface area contributed by atoms with Crippen molar-refractivity contribution in [1.29, 1.82) is 0 Å². The lowest BCUT2D eigenvalue weighted by atomic mass is 9.98. The molecule has 0 saturated heterocycles. The van der Waals surface area contributed by atoms with E-state index in [2.05, 4.69) is 23.8 Å². The molecule has 4 rings (SSSR count). The molecule has 0 N–H and O–H groups in total. The van der Waals surface area contributed by atoms with E-state index in [1.165, 1.54) is 5.56 Å². The Morgan fingerprint density at radius 1 is 0.658 bits per heavy atom. The van der Waals surface area contributed by atoms with Crippen LogP contribution in [0.5, 0.6) is 5.75 Å². The van der Waals surface area contributed by atoms with Gasteiger partial charge in [0.2, 0.25) is 0 Å². The molecule has 0 amide bonds. The van der Waals surface area contributed by atoms with Gasteiger partial charge in [-0.05, 0) is 52.4 Å². The average molecular weight is 530 g/mol. The van der Waals surface area contributed by atoms with Crippen LogP contribution in [0.15, 0.2) is 78.9 Å². The third-order valence-electron chi connectivity index (χ3n) is 5.78. The van der Waals surface area contributed by atoms with Crippen LogP contribution in [0, 0.1) is 29.1 Å². The molecule has 0 aromatic heterocycles. The fraction of sp³-hybridized carbons (Fsp3) is 0.133. The van der Waals surface area contributed by atoms with Crippen LogP contribution in [-0.4, -0.2) is 6.11 Å². The Labute approximate surface area is 214 Å². The highest BCUT2D eigenvalue weighted by molar-refractivity contribution is 5.71. The topological polar surface area (TPSA) is 9.23 Å². The first-order valence-electron chi connectivity index (χ1n) is 11.7. The normalized spacial score (nSPS) is 11.8. The average Bonchev–Trinajstić information content (AvgIpc) is 2.87. The van der Waals surface area contributed by atoms with E-state index in [1.807, 2.05) is 24.3 Å². The fourth-order valence-electron chi connectivity index (χ4n) is 3.88. The Hall–Kier alpha value is -4.07. The molecule has 4 aromatic carbocycles. The van der Waals surface area contributed by atoms with Gasteiger partial charge in [-0.15, -0.1) is 0 Å². The van der Waals surface area contributed by atoms with Crippen LogP contribution in [0.25, 0.3) is 28.3 Å². The number of hydrogen-bond donors (Lipinski definition) is 0. The third kappa shape index (κ3) is 6.25. The zero-order valence-corrected chi connectivity index (χ0v) is 20.1. The van der Waals surface area contributed by atoms with Gasteiger partial charge in [0.05, 0.1) is 0 Å². The number of rotatable bonds is 8. The van der Waals surface area contributed by atoms with Crippen molar-refractivity contribution in [3.8, 4) is 28.0 Å². The minimum Gasteiger partial charge on any atom is -0.429 e. The van der Waals surface area contributed by atoms with Gasteiger partial charge in [0.25, 0.3) is 0 Å². The van der Waals surface area contributed by atoms with Gasteiger partial charge in [-0.25, -0.2) is 22.0 Å². The van der Waals surface area contributed by atoms with Crippen molar-refractivity contribution in [2.45, 2.75) is 25.9 Å². The molecule has 0 atom stereocenters. The summed E-state index contributed by atoms with van der Waals surface area (Å²) in [6.45, 7) is 2.10. The molecule has 196 valence electrons. The molecule has 0 bridgehead atoms. The van der Waals surface area contributed by atoms with E-state index in [-0.39, 0.29) is 23.8 Å². The van der Waals surface area contributed by atoms with Crippen molar-refractivity contribution in [3.05, 3.63) is 119 Å². The molecule has 8 heteroatoms. The molecule has 0 fully saturated rings. The molecule has 0 aliphatic rings. The molecule has 0 saturated carbocycles. The molecule has 0 aliphatic carbocycles. The maximum atomic E-state index is 14.7. The highest BCUT2D eigenvalue weighted by Gasteiger charge is 2.29. The van der Waals surface area contributed by atoms with E-state index in [9.17, 15) is 30.7 Å². The monoisotopic (exact) mass is 530 g/mol. The molecule has 1 nitrogen and oxygen atoms in total. The lowest BCUT2D eigenvalue weighted by molar-refractivity contribution is -0.131. The summed E-state index contributed by atoms with van der Waals surface area (Å²) >= 11 is 0. The van der Waals surface area contributed by atoms with E-state index in [0.717, 1.165) is 36.1 Å². The Kier molecular flexibility index (Phi) is 7.90. The number of hydrogen-bond acceptors (Lipinski definition) is 1. The first-order valence-corrected chi connectivity index (χ1v) is 11.7. The minimum absolute atomic E-state index is 0.0217. The Morgan fingerprint density at radius 3 is 1.63 bits per heavy atom. The van der Waals surface area contributed by atoms with Crippen molar-refractivity contribution in [2.24, 2.45) is 0 Å². The standard InChI is InChI=1S/C30H21F7O/c1-2-3-18-4-6-19(7-5-18)20-8-10-21(11-9-20)22-14-25(31)24(26(32)15-22)12-13-30(36,37)38-23-16-27(33)29(35)28(34)17-23/h4-17H,2-3H2,1H3/b13-12+. The first-order chi connectivity index (χ1) is 18.1. The van der Waals surface area contributed by atoms with Gasteiger partial charge in [-0.1, -0.05) is 61.9 Å². The Balaban J connectivity index is 1.51.